The zero-order valence-corrected chi connectivity index (χ0v) is 15.7. The van der Waals surface area contributed by atoms with Gasteiger partial charge in [0.05, 0.1) is 0 Å². The number of benzene rings is 1. The molecular formula is C17H27BrN2O2. The Hall–Kier alpha value is -1.07. The number of rotatable bonds is 6. The Kier molecular flexibility index (Phi) is 7.36. The van der Waals surface area contributed by atoms with Gasteiger partial charge in [0.2, 0.25) is 0 Å². The van der Waals surface area contributed by atoms with Gasteiger partial charge in [0.15, 0.2) is 0 Å². The molecule has 0 saturated heterocycles. The van der Waals surface area contributed by atoms with Crippen LogP contribution in [0.15, 0.2) is 28.7 Å². The minimum atomic E-state index is -0.456. The number of amides is 1. The van der Waals surface area contributed by atoms with Gasteiger partial charge in [-0.15, -0.1) is 0 Å². The summed E-state index contributed by atoms with van der Waals surface area (Å²) in [6, 6.07) is 8.49. The van der Waals surface area contributed by atoms with Gasteiger partial charge in [-0.05, 0) is 52.3 Å². The number of carbonyl (C=O) groups excluding carboxylic acids is 1. The van der Waals surface area contributed by atoms with Gasteiger partial charge in [-0.2, -0.15) is 0 Å². The molecule has 1 unspecified atom stereocenters. The highest BCUT2D eigenvalue weighted by Crippen LogP contribution is 2.16. The topological polar surface area (TPSA) is 41.6 Å². The van der Waals surface area contributed by atoms with E-state index < -0.39 is 5.60 Å². The monoisotopic (exact) mass is 370 g/mol. The van der Waals surface area contributed by atoms with Crippen molar-refractivity contribution in [2.45, 2.75) is 46.3 Å². The number of hydrogen-bond acceptors (Lipinski definition) is 3. The van der Waals surface area contributed by atoms with Crippen LogP contribution in [0.5, 0.6) is 0 Å². The molecule has 1 aromatic rings. The minimum Gasteiger partial charge on any atom is -0.444 e. The number of ether oxygens (including phenoxy) is 1. The van der Waals surface area contributed by atoms with Crippen LogP contribution < -0.4 is 5.32 Å². The van der Waals surface area contributed by atoms with Crippen molar-refractivity contribution in [3.8, 4) is 0 Å². The number of carbonyl (C=O) groups is 1. The number of likely N-dealkylation sites (N-methyl/N-ethyl adjacent to an activating group) is 1. The summed E-state index contributed by atoms with van der Waals surface area (Å²) in [6.45, 7) is 11.7. The van der Waals surface area contributed by atoms with Crippen LogP contribution in [0.25, 0.3) is 0 Å². The Labute approximate surface area is 142 Å². The van der Waals surface area contributed by atoms with Crippen LogP contribution in [0.2, 0.25) is 0 Å². The quantitative estimate of drug-likeness (QED) is 0.808. The Balaban J connectivity index is 2.43. The molecule has 0 heterocycles. The lowest BCUT2D eigenvalue weighted by Crippen LogP contribution is -2.40. The van der Waals surface area contributed by atoms with Gasteiger partial charge in [0.1, 0.15) is 5.60 Å². The molecule has 124 valence electrons. The molecule has 0 aromatic heterocycles. The predicted octanol–water partition coefficient (Wildman–Crippen LogP) is 4.36. The van der Waals surface area contributed by atoms with E-state index in [9.17, 15) is 4.79 Å². The summed E-state index contributed by atoms with van der Waals surface area (Å²) in [7, 11) is 0. The Bertz CT molecular complexity index is 469. The van der Waals surface area contributed by atoms with E-state index in [0.29, 0.717) is 13.1 Å². The fourth-order valence-electron chi connectivity index (χ4n) is 1.99. The molecule has 4 nitrogen and oxygen atoms in total. The molecule has 0 fully saturated rings. The summed E-state index contributed by atoms with van der Waals surface area (Å²) in [5, 5.41) is 3.44. The highest BCUT2D eigenvalue weighted by molar-refractivity contribution is 9.10. The van der Waals surface area contributed by atoms with E-state index in [1.165, 1.54) is 5.56 Å². The molecule has 0 radical (unpaired) electrons. The van der Waals surface area contributed by atoms with E-state index in [2.05, 4.69) is 40.3 Å². The van der Waals surface area contributed by atoms with Gasteiger partial charge < -0.3 is 15.0 Å². The summed E-state index contributed by atoms with van der Waals surface area (Å²) in [5.74, 6) is 0. The standard InChI is InChI=1S/C17H27BrN2O2/c1-6-20(16(21)22-17(3,4)5)12-11-19-13(2)14-7-9-15(18)10-8-14/h7-10,13,19H,6,11-12H2,1-5H3. The second kappa shape index (κ2) is 8.53. The fraction of sp³-hybridized carbons (Fsp3) is 0.588. The third-order valence-corrected chi connectivity index (χ3v) is 3.76. The molecule has 1 N–H and O–H groups in total. The van der Waals surface area contributed by atoms with Gasteiger partial charge in [0.25, 0.3) is 0 Å². The second-order valence-corrected chi connectivity index (χ2v) is 7.20. The van der Waals surface area contributed by atoms with Crippen LogP contribution in [-0.2, 0) is 4.74 Å². The van der Waals surface area contributed by atoms with Crippen molar-refractivity contribution in [1.29, 1.82) is 0 Å². The molecule has 1 aromatic carbocycles. The number of halogens is 1. The van der Waals surface area contributed by atoms with Crippen LogP contribution in [0, 0.1) is 0 Å². The van der Waals surface area contributed by atoms with Crippen molar-refractivity contribution in [2.75, 3.05) is 19.6 Å². The molecule has 0 spiro atoms. The van der Waals surface area contributed by atoms with E-state index in [1.54, 1.807) is 4.90 Å². The maximum absolute atomic E-state index is 12.0. The van der Waals surface area contributed by atoms with E-state index >= 15 is 0 Å². The minimum absolute atomic E-state index is 0.241. The molecular weight excluding hydrogens is 344 g/mol. The molecule has 1 atom stereocenters. The lowest BCUT2D eigenvalue weighted by molar-refractivity contribution is 0.0261. The highest BCUT2D eigenvalue weighted by Gasteiger charge is 2.20. The normalized spacial score (nSPS) is 12.8. The van der Waals surface area contributed by atoms with Crippen LogP contribution in [0.4, 0.5) is 4.79 Å². The maximum atomic E-state index is 12.0. The number of nitrogens with zero attached hydrogens (tertiary/aromatic N) is 1. The fourth-order valence-corrected chi connectivity index (χ4v) is 2.25. The molecule has 0 aliphatic heterocycles. The zero-order chi connectivity index (χ0) is 16.8. The molecule has 5 heteroatoms. The summed E-state index contributed by atoms with van der Waals surface area (Å²) < 4.78 is 6.47. The van der Waals surface area contributed by atoms with Crippen molar-refractivity contribution in [1.82, 2.24) is 10.2 Å². The van der Waals surface area contributed by atoms with E-state index in [1.807, 2.05) is 39.8 Å². The first-order valence-electron chi connectivity index (χ1n) is 7.69. The first-order valence-corrected chi connectivity index (χ1v) is 8.49. The van der Waals surface area contributed by atoms with Crippen molar-refractivity contribution in [3.05, 3.63) is 34.3 Å². The van der Waals surface area contributed by atoms with Crippen LogP contribution in [-0.4, -0.2) is 36.2 Å². The van der Waals surface area contributed by atoms with Crippen LogP contribution >= 0.6 is 15.9 Å². The van der Waals surface area contributed by atoms with Gasteiger partial charge in [0, 0.05) is 30.1 Å². The predicted molar refractivity (Wildman–Crippen MR) is 94.0 cm³/mol. The Morgan fingerprint density at radius 2 is 1.91 bits per heavy atom. The summed E-state index contributed by atoms with van der Waals surface area (Å²) in [5.41, 5.74) is 0.770. The summed E-state index contributed by atoms with van der Waals surface area (Å²) in [4.78, 5) is 13.8. The van der Waals surface area contributed by atoms with Gasteiger partial charge in [-0.25, -0.2) is 4.79 Å². The third-order valence-electron chi connectivity index (χ3n) is 3.24. The third kappa shape index (κ3) is 6.79. The highest BCUT2D eigenvalue weighted by atomic mass is 79.9. The largest absolute Gasteiger partial charge is 0.444 e. The van der Waals surface area contributed by atoms with Crippen molar-refractivity contribution >= 4 is 22.0 Å². The number of nitrogens with one attached hydrogen (secondary N) is 1. The maximum Gasteiger partial charge on any atom is 0.410 e. The first kappa shape index (κ1) is 19.0. The number of hydrogen-bond donors (Lipinski definition) is 1. The lowest BCUT2D eigenvalue weighted by atomic mass is 10.1. The van der Waals surface area contributed by atoms with Crippen molar-refractivity contribution in [3.63, 3.8) is 0 Å². The van der Waals surface area contributed by atoms with E-state index in [-0.39, 0.29) is 12.1 Å². The summed E-state index contributed by atoms with van der Waals surface area (Å²) in [6.07, 6.45) is -0.256. The second-order valence-electron chi connectivity index (χ2n) is 6.29. The first-order chi connectivity index (χ1) is 10.2. The van der Waals surface area contributed by atoms with Crippen molar-refractivity contribution < 1.29 is 9.53 Å². The van der Waals surface area contributed by atoms with Crippen molar-refractivity contribution in [2.24, 2.45) is 0 Å². The van der Waals surface area contributed by atoms with Gasteiger partial charge in [-0.1, -0.05) is 28.1 Å². The molecule has 0 aliphatic carbocycles. The van der Waals surface area contributed by atoms with E-state index in [4.69, 9.17) is 4.74 Å². The van der Waals surface area contributed by atoms with Gasteiger partial charge >= 0.3 is 6.09 Å². The molecule has 1 rings (SSSR count). The molecule has 0 saturated carbocycles. The lowest BCUT2D eigenvalue weighted by Gasteiger charge is -2.27. The SMILES string of the molecule is CCN(CCNC(C)c1ccc(Br)cc1)C(=O)OC(C)(C)C. The average Bonchev–Trinajstić information content (AvgIpc) is 2.42. The molecule has 22 heavy (non-hydrogen) atoms. The summed E-state index contributed by atoms with van der Waals surface area (Å²) >= 11 is 3.44. The Morgan fingerprint density at radius 3 is 2.41 bits per heavy atom. The van der Waals surface area contributed by atoms with Crippen LogP contribution in [0.1, 0.15) is 46.2 Å². The molecule has 0 aliphatic rings. The average molecular weight is 371 g/mol. The van der Waals surface area contributed by atoms with E-state index in [0.717, 1.165) is 11.0 Å². The van der Waals surface area contributed by atoms with Crippen LogP contribution in [0.3, 0.4) is 0 Å². The zero-order valence-electron chi connectivity index (χ0n) is 14.1. The van der Waals surface area contributed by atoms with Gasteiger partial charge in [-0.3, -0.25) is 0 Å². The molecule has 1 amide bonds. The Morgan fingerprint density at radius 1 is 1.32 bits per heavy atom. The molecule has 0 bridgehead atoms. The smallest absolute Gasteiger partial charge is 0.410 e.